The van der Waals surface area contributed by atoms with E-state index in [1.807, 2.05) is 13.8 Å². The monoisotopic (exact) mass is 510 g/mol. The summed E-state index contributed by atoms with van der Waals surface area (Å²) in [4.78, 5) is 53.1. The average molecular weight is 511 g/mol. The van der Waals surface area contributed by atoms with Crippen LogP contribution in [0.2, 0.25) is 0 Å². The van der Waals surface area contributed by atoms with Gasteiger partial charge in [-0.3, -0.25) is 14.4 Å². The average Bonchev–Trinajstić information content (AvgIpc) is 3.39. The van der Waals surface area contributed by atoms with Gasteiger partial charge in [0, 0.05) is 11.5 Å². The van der Waals surface area contributed by atoms with Gasteiger partial charge in [-0.25, -0.2) is 9.18 Å². The number of esters is 3. The summed E-state index contributed by atoms with van der Waals surface area (Å²) in [5.41, 5.74) is -1.23. The predicted molar refractivity (Wildman–Crippen MR) is 125 cm³/mol. The minimum atomic E-state index is -0.928. The molecule has 6 atom stereocenters. The number of hydrogen-bond acceptors (Lipinski definition) is 8. The van der Waals surface area contributed by atoms with Crippen LogP contribution < -0.4 is 0 Å². The van der Waals surface area contributed by atoms with Crippen LogP contribution in [0.1, 0.15) is 55.1 Å². The Balaban J connectivity index is 1.57. The molecule has 194 valence electrons. The summed E-state index contributed by atoms with van der Waals surface area (Å²) in [5.74, 6) is -5.70. The first-order valence-corrected chi connectivity index (χ1v) is 12.1. The van der Waals surface area contributed by atoms with Gasteiger partial charge in [-0.1, -0.05) is 19.9 Å². The van der Waals surface area contributed by atoms with Gasteiger partial charge in [0.1, 0.15) is 11.9 Å². The van der Waals surface area contributed by atoms with Crippen LogP contribution in [0.25, 0.3) is 0 Å². The minimum absolute atomic E-state index is 0.0781. The number of ketones is 1. The van der Waals surface area contributed by atoms with E-state index in [2.05, 4.69) is 0 Å². The van der Waals surface area contributed by atoms with Crippen LogP contribution in [0.4, 0.5) is 4.39 Å². The number of furan rings is 1. The topological polar surface area (TPSA) is 109 Å². The standard InChI is InChI=1S/C28H27FO8/c1-27-9-7-18-26(33)37-21(16-8-10-35-14-16)13-28(18,2)23(27)22(30)20(12-19(27)25(32)34-3)36-24(31)15-5-4-6-17(29)11-15/h4-6,8,10-12,14,18-19,21,23H,7,9,13H2,1-3H3/t18-,19-,21-,23-,27-,28-/m0/s1. The molecule has 0 amide bonds. The fraction of sp³-hybridized carbons (Fsp3) is 0.429. The summed E-state index contributed by atoms with van der Waals surface area (Å²) in [5, 5.41) is 0. The van der Waals surface area contributed by atoms with Crippen LogP contribution in [0.5, 0.6) is 0 Å². The van der Waals surface area contributed by atoms with E-state index in [9.17, 15) is 23.6 Å². The van der Waals surface area contributed by atoms with Crippen molar-refractivity contribution >= 4 is 23.7 Å². The van der Waals surface area contributed by atoms with Crippen LogP contribution in [-0.4, -0.2) is 30.8 Å². The number of hydrogen-bond donors (Lipinski definition) is 0. The van der Waals surface area contributed by atoms with E-state index in [0.29, 0.717) is 24.8 Å². The van der Waals surface area contributed by atoms with Gasteiger partial charge in [-0.2, -0.15) is 0 Å². The Morgan fingerprint density at radius 3 is 2.59 bits per heavy atom. The molecule has 1 aliphatic heterocycles. The van der Waals surface area contributed by atoms with Crippen molar-refractivity contribution in [3.8, 4) is 0 Å². The summed E-state index contributed by atoms with van der Waals surface area (Å²) >= 11 is 0. The number of halogens is 1. The number of cyclic esters (lactones) is 1. The third-order valence-corrected chi connectivity index (χ3v) is 8.42. The zero-order valence-corrected chi connectivity index (χ0v) is 20.7. The second kappa shape index (κ2) is 8.97. The molecule has 0 N–H and O–H groups in total. The molecule has 0 spiro atoms. The molecule has 0 radical (unpaired) electrons. The molecule has 1 saturated heterocycles. The molecular weight excluding hydrogens is 483 g/mol. The Bertz CT molecular complexity index is 1300. The second-order valence-electron chi connectivity index (χ2n) is 10.5. The number of rotatable bonds is 4. The zero-order valence-electron chi connectivity index (χ0n) is 20.7. The number of Topliss-reactive ketones (excluding diaryl/α,β-unsaturated/α-hetero) is 1. The predicted octanol–water partition coefficient (Wildman–Crippen LogP) is 4.56. The van der Waals surface area contributed by atoms with Gasteiger partial charge in [0.25, 0.3) is 0 Å². The molecule has 37 heavy (non-hydrogen) atoms. The molecule has 9 heteroatoms. The molecule has 2 fully saturated rings. The number of allylic oxidation sites excluding steroid dienone is 1. The van der Waals surface area contributed by atoms with Crippen LogP contribution in [0, 0.1) is 34.4 Å². The SMILES string of the molecule is COC(=O)[C@@H]1C=C(OC(=O)c2cccc(F)c2)C(=O)[C@H]2[C@@]1(C)CC[C@H]1C(=O)O[C@H](c3ccoc3)C[C@]21C. The maximum absolute atomic E-state index is 14.1. The summed E-state index contributed by atoms with van der Waals surface area (Å²) in [7, 11) is 1.25. The molecule has 2 aromatic rings. The molecule has 1 aromatic carbocycles. The quantitative estimate of drug-likeness (QED) is 0.435. The largest absolute Gasteiger partial charge is 0.472 e. The van der Waals surface area contributed by atoms with Crippen LogP contribution in [0.15, 0.2) is 59.1 Å². The van der Waals surface area contributed by atoms with Crippen molar-refractivity contribution in [2.45, 2.75) is 39.2 Å². The molecule has 1 aromatic heterocycles. The molecule has 5 rings (SSSR count). The first-order valence-electron chi connectivity index (χ1n) is 12.1. The van der Waals surface area contributed by atoms with E-state index in [1.165, 1.54) is 43.9 Å². The third-order valence-electron chi connectivity index (χ3n) is 8.42. The Hall–Kier alpha value is -3.75. The first kappa shape index (κ1) is 24.9. The van der Waals surface area contributed by atoms with E-state index < -0.39 is 64.2 Å². The fourth-order valence-corrected chi connectivity index (χ4v) is 6.66. The van der Waals surface area contributed by atoms with Crippen molar-refractivity contribution in [3.05, 3.63) is 71.6 Å². The van der Waals surface area contributed by atoms with E-state index in [-0.39, 0.29) is 11.3 Å². The smallest absolute Gasteiger partial charge is 0.343 e. The lowest BCUT2D eigenvalue weighted by Crippen LogP contribution is -2.61. The maximum atomic E-state index is 14.1. The molecule has 3 aliphatic rings. The molecule has 2 heterocycles. The highest BCUT2D eigenvalue weighted by Gasteiger charge is 2.66. The van der Waals surface area contributed by atoms with E-state index in [4.69, 9.17) is 18.6 Å². The number of ether oxygens (including phenoxy) is 3. The van der Waals surface area contributed by atoms with Gasteiger partial charge in [-0.05, 0) is 60.4 Å². The molecule has 1 saturated carbocycles. The molecular formula is C28H27FO8. The normalized spacial score (nSPS) is 32.9. The minimum Gasteiger partial charge on any atom is -0.472 e. The lowest BCUT2D eigenvalue weighted by atomic mass is 9.44. The lowest BCUT2D eigenvalue weighted by molar-refractivity contribution is -0.197. The molecule has 2 aliphatic carbocycles. The van der Waals surface area contributed by atoms with E-state index in [0.717, 1.165) is 6.07 Å². The maximum Gasteiger partial charge on any atom is 0.343 e. The number of benzene rings is 1. The van der Waals surface area contributed by atoms with Crippen molar-refractivity contribution in [2.24, 2.45) is 28.6 Å². The van der Waals surface area contributed by atoms with Gasteiger partial charge in [0.15, 0.2) is 5.76 Å². The number of methoxy groups -OCH3 is 1. The van der Waals surface area contributed by atoms with E-state index >= 15 is 0 Å². The van der Waals surface area contributed by atoms with Crippen LogP contribution in [-0.2, 0) is 28.6 Å². The summed E-state index contributed by atoms with van der Waals surface area (Å²) in [6.07, 6.45) is 4.80. The fourth-order valence-electron chi connectivity index (χ4n) is 6.66. The highest BCUT2D eigenvalue weighted by atomic mass is 19.1. The van der Waals surface area contributed by atoms with Gasteiger partial charge >= 0.3 is 17.9 Å². The summed E-state index contributed by atoms with van der Waals surface area (Å²) in [6.45, 7) is 3.70. The van der Waals surface area contributed by atoms with Crippen molar-refractivity contribution in [3.63, 3.8) is 0 Å². The summed E-state index contributed by atoms with van der Waals surface area (Å²) in [6, 6.07) is 6.61. The Morgan fingerprint density at radius 2 is 1.92 bits per heavy atom. The van der Waals surface area contributed by atoms with Gasteiger partial charge in [-0.15, -0.1) is 0 Å². The highest BCUT2D eigenvalue weighted by molar-refractivity contribution is 6.03. The Kier molecular flexibility index (Phi) is 6.04. The third kappa shape index (κ3) is 3.97. The van der Waals surface area contributed by atoms with Crippen molar-refractivity contribution in [1.29, 1.82) is 0 Å². The van der Waals surface area contributed by atoms with Crippen LogP contribution in [0.3, 0.4) is 0 Å². The number of carbonyl (C=O) groups excluding carboxylic acids is 4. The van der Waals surface area contributed by atoms with Crippen molar-refractivity contribution in [1.82, 2.24) is 0 Å². The van der Waals surface area contributed by atoms with Crippen molar-refractivity contribution < 1.29 is 42.2 Å². The van der Waals surface area contributed by atoms with Crippen LogP contribution >= 0.6 is 0 Å². The zero-order chi connectivity index (χ0) is 26.5. The highest BCUT2D eigenvalue weighted by Crippen LogP contribution is 2.64. The van der Waals surface area contributed by atoms with Gasteiger partial charge in [0.2, 0.25) is 5.78 Å². The Morgan fingerprint density at radius 1 is 1.14 bits per heavy atom. The Labute approximate surface area is 212 Å². The van der Waals surface area contributed by atoms with Gasteiger partial charge in [0.05, 0.1) is 37.0 Å². The first-order chi connectivity index (χ1) is 17.6. The molecule has 0 bridgehead atoms. The summed E-state index contributed by atoms with van der Waals surface area (Å²) < 4.78 is 35.2. The van der Waals surface area contributed by atoms with Crippen molar-refractivity contribution in [2.75, 3.05) is 7.11 Å². The van der Waals surface area contributed by atoms with Gasteiger partial charge < -0.3 is 18.6 Å². The molecule has 8 nitrogen and oxygen atoms in total. The number of fused-ring (bicyclic) bond motifs is 3. The molecule has 0 unspecified atom stereocenters. The lowest BCUT2D eigenvalue weighted by Gasteiger charge is -2.59. The number of carbonyl (C=O) groups is 4. The second-order valence-corrected chi connectivity index (χ2v) is 10.5. The van der Waals surface area contributed by atoms with E-state index in [1.54, 1.807) is 6.07 Å².